The van der Waals surface area contributed by atoms with Crippen LogP contribution in [0.2, 0.25) is 5.04 Å². The first-order chi connectivity index (χ1) is 19.2. The van der Waals surface area contributed by atoms with Crippen molar-refractivity contribution in [2.24, 2.45) is 34.8 Å². The van der Waals surface area contributed by atoms with E-state index in [2.05, 4.69) is 29.5 Å². The molecule has 0 spiro atoms. The number of nitrogens with two attached hydrogens (primary N) is 1. The highest BCUT2D eigenvalue weighted by molar-refractivity contribution is 6.91. The summed E-state index contributed by atoms with van der Waals surface area (Å²) in [5.74, 6) is -1.64. The largest absolute Gasteiger partial charge is 0.375 e. The van der Waals surface area contributed by atoms with Gasteiger partial charge in [-0.2, -0.15) is 0 Å². The number of primary amides is 1. The Kier molecular flexibility index (Phi) is 7.54. The third-order valence-electron chi connectivity index (χ3n) is 9.86. The van der Waals surface area contributed by atoms with Crippen molar-refractivity contribution in [2.75, 3.05) is 13.1 Å². The van der Waals surface area contributed by atoms with Crippen LogP contribution in [0.3, 0.4) is 0 Å². The third kappa shape index (κ3) is 5.65. The number of piperidine rings is 1. The Labute approximate surface area is 243 Å². The van der Waals surface area contributed by atoms with Gasteiger partial charge in [0.25, 0.3) is 0 Å². The Hall–Kier alpha value is -3.21. The minimum Gasteiger partial charge on any atom is -0.375 e. The Bertz CT molecular complexity index is 1250. The summed E-state index contributed by atoms with van der Waals surface area (Å²) in [7, 11) is -2.62. The number of nitrogens with zero attached hydrogens (tertiary/aromatic N) is 1. The van der Waals surface area contributed by atoms with Gasteiger partial charge in [-0.05, 0) is 53.0 Å². The van der Waals surface area contributed by atoms with E-state index in [9.17, 15) is 24.0 Å². The van der Waals surface area contributed by atoms with Gasteiger partial charge in [0.15, 0.2) is 0 Å². The number of fused-ring (bicyclic) bond motifs is 1. The lowest BCUT2D eigenvalue weighted by molar-refractivity contribution is -0.131. The highest BCUT2D eigenvalue weighted by Gasteiger charge is 2.70. The first-order valence-corrected chi connectivity index (χ1v) is 16.5. The molecule has 0 aromatic heterocycles. The predicted octanol–water partition coefficient (Wildman–Crippen LogP) is 1.58. The van der Waals surface area contributed by atoms with E-state index in [4.69, 9.17) is 5.73 Å². The van der Waals surface area contributed by atoms with E-state index < -0.39 is 43.8 Å². The fraction of sp³-hybridized carbons (Fsp3) is 0.633. The van der Waals surface area contributed by atoms with Crippen LogP contribution in [-0.2, 0) is 19.2 Å². The van der Waals surface area contributed by atoms with Crippen LogP contribution in [0.5, 0.6) is 0 Å². The van der Waals surface area contributed by atoms with Gasteiger partial charge < -0.3 is 26.2 Å². The summed E-state index contributed by atoms with van der Waals surface area (Å²) < 4.78 is 0. The van der Waals surface area contributed by atoms with Crippen molar-refractivity contribution in [3.63, 3.8) is 0 Å². The van der Waals surface area contributed by atoms with Crippen LogP contribution in [0, 0.1) is 29.1 Å². The molecule has 10 nitrogen and oxygen atoms in total. The van der Waals surface area contributed by atoms with E-state index in [-0.39, 0.29) is 52.9 Å². The average molecular weight is 582 g/mol. The Morgan fingerprint density at radius 1 is 1.15 bits per heavy atom. The molecule has 1 aromatic carbocycles. The number of carbonyl (C=O) groups is 5. The minimum absolute atomic E-state index is 0.0500. The van der Waals surface area contributed by atoms with Crippen molar-refractivity contribution in [1.29, 1.82) is 0 Å². The first-order valence-electron chi connectivity index (χ1n) is 14.7. The number of carbonyl (C=O) groups excluding carboxylic acids is 5. The van der Waals surface area contributed by atoms with Crippen molar-refractivity contribution >= 4 is 38.1 Å². The smallest absolute Gasteiger partial charge is 0.248 e. The maximum absolute atomic E-state index is 14.2. The quantitative estimate of drug-likeness (QED) is 0.327. The average Bonchev–Trinajstić information content (AvgIpc) is 3.66. The second-order valence-electron chi connectivity index (χ2n) is 14.0. The first kappa shape index (κ1) is 29.3. The lowest BCUT2D eigenvalue weighted by Gasteiger charge is -2.37. The van der Waals surface area contributed by atoms with Gasteiger partial charge in [0, 0.05) is 24.9 Å². The summed E-state index contributed by atoms with van der Waals surface area (Å²) in [5, 5.41) is 5.09. The van der Waals surface area contributed by atoms with Gasteiger partial charge in [-0.3, -0.25) is 24.0 Å². The molecule has 4 fully saturated rings. The fourth-order valence-electron chi connectivity index (χ4n) is 7.09. The molecule has 0 bridgehead atoms. The number of benzene rings is 1. The summed E-state index contributed by atoms with van der Waals surface area (Å²) in [6.07, 6.45) is 1.47. The van der Waals surface area contributed by atoms with Gasteiger partial charge in [0.2, 0.25) is 38.1 Å². The molecule has 2 aliphatic carbocycles. The zero-order valence-corrected chi connectivity index (χ0v) is 25.8. The van der Waals surface area contributed by atoms with Crippen LogP contribution in [0.1, 0.15) is 65.4 Å². The number of hydrogen-bond donors (Lipinski definition) is 4. The standard InChI is InChI=1S/C30H43N5O5Si/c1-29(2,3)41(34-26(38)19-14-18(19)16-9-7-6-8-10-16)28(40)35-15-20-22(30(20,4)5)23(35)27(39)33-21(24(31)36)13-17-11-12-32-25(17)37/h6-10,17-23,41H,11-15H2,1-5H3,(H2,31,36)(H,32,37)(H,33,39)(H,34,38)/t17-,18+,19+,20-,21-,22-,23-,41+/m0/s1. The van der Waals surface area contributed by atoms with E-state index in [1.807, 2.05) is 51.1 Å². The molecule has 2 aliphatic heterocycles. The van der Waals surface area contributed by atoms with Crippen molar-refractivity contribution in [1.82, 2.24) is 20.5 Å². The highest BCUT2D eigenvalue weighted by atomic mass is 28.3. The van der Waals surface area contributed by atoms with E-state index in [0.717, 1.165) is 12.0 Å². The summed E-state index contributed by atoms with van der Waals surface area (Å²) in [4.78, 5) is 70.6. The van der Waals surface area contributed by atoms with Crippen molar-refractivity contribution in [2.45, 2.75) is 76.9 Å². The number of hydrogen-bond acceptors (Lipinski definition) is 5. The van der Waals surface area contributed by atoms with E-state index in [1.165, 1.54) is 0 Å². The molecule has 11 heteroatoms. The molecule has 2 saturated carbocycles. The lowest BCUT2D eigenvalue weighted by Crippen LogP contribution is -2.61. The molecule has 0 unspecified atom stereocenters. The van der Waals surface area contributed by atoms with Crippen molar-refractivity contribution < 1.29 is 24.0 Å². The molecule has 2 heterocycles. The molecule has 41 heavy (non-hydrogen) atoms. The second-order valence-corrected chi connectivity index (χ2v) is 17.4. The van der Waals surface area contributed by atoms with Gasteiger partial charge in [-0.15, -0.1) is 0 Å². The summed E-state index contributed by atoms with van der Waals surface area (Å²) in [5.41, 5.74) is 6.50. The van der Waals surface area contributed by atoms with Gasteiger partial charge in [-0.1, -0.05) is 65.0 Å². The molecular weight excluding hydrogens is 538 g/mol. The fourth-order valence-corrected chi connectivity index (χ4v) is 9.48. The van der Waals surface area contributed by atoms with Crippen LogP contribution in [-0.4, -0.2) is 68.2 Å². The van der Waals surface area contributed by atoms with E-state index in [1.54, 1.807) is 4.90 Å². The van der Waals surface area contributed by atoms with Crippen LogP contribution in [0.25, 0.3) is 0 Å². The number of nitrogens with one attached hydrogen (secondary N) is 3. The molecule has 4 aliphatic rings. The van der Waals surface area contributed by atoms with Gasteiger partial charge in [-0.25, -0.2) is 0 Å². The summed E-state index contributed by atoms with van der Waals surface area (Å²) in [6.45, 7) is 11.1. The molecule has 5 amide bonds. The van der Waals surface area contributed by atoms with Crippen molar-refractivity contribution in [3.05, 3.63) is 35.9 Å². The maximum atomic E-state index is 14.2. The molecular formula is C30H43N5O5Si. The number of rotatable bonds is 9. The van der Waals surface area contributed by atoms with Crippen LogP contribution < -0.4 is 21.3 Å². The Morgan fingerprint density at radius 2 is 1.83 bits per heavy atom. The minimum atomic E-state index is -2.62. The molecule has 0 radical (unpaired) electrons. The predicted molar refractivity (Wildman–Crippen MR) is 156 cm³/mol. The molecule has 2 saturated heterocycles. The lowest BCUT2D eigenvalue weighted by atomic mass is 9.96. The van der Waals surface area contributed by atoms with Crippen molar-refractivity contribution in [3.8, 4) is 0 Å². The topological polar surface area (TPSA) is 151 Å². The van der Waals surface area contributed by atoms with E-state index >= 15 is 0 Å². The SMILES string of the molecule is CC1(C)[C@@H]2[C@@H](C(=O)N[C@@H](C[C@@H]3CCNC3=O)C(N)=O)N(C(=O)[Si@@H](NC(=O)[C@@H]3C[C@@H]3c3ccccc3)C(C)(C)C)C[C@@H]21. The molecule has 5 N–H and O–H groups in total. The molecule has 1 aromatic rings. The normalized spacial score (nSPS) is 31.0. The second kappa shape index (κ2) is 10.6. The van der Waals surface area contributed by atoms with Gasteiger partial charge in [0.05, 0.1) is 0 Å². The van der Waals surface area contributed by atoms with Gasteiger partial charge in [0.1, 0.15) is 12.1 Å². The molecule has 8 atom stereocenters. The third-order valence-corrected chi connectivity index (χ3v) is 13.0. The number of amides is 5. The summed E-state index contributed by atoms with van der Waals surface area (Å²) in [6, 6.07) is 8.19. The monoisotopic (exact) mass is 581 g/mol. The Balaban J connectivity index is 1.31. The van der Waals surface area contributed by atoms with E-state index in [0.29, 0.717) is 19.5 Å². The highest BCUT2D eigenvalue weighted by Crippen LogP contribution is 2.65. The van der Waals surface area contributed by atoms with Crippen LogP contribution in [0.4, 0.5) is 4.79 Å². The number of likely N-dealkylation sites (tertiary alicyclic amines) is 1. The molecule has 5 rings (SSSR count). The zero-order chi connectivity index (χ0) is 29.9. The van der Waals surface area contributed by atoms with Crippen LogP contribution in [0.15, 0.2) is 30.3 Å². The summed E-state index contributed by atoms with van der Waals surface area (Å²) >= 11 is 0. The Morgan fingerprint density at radius 3 is 2.41 bits per heavy atom. The van der Waals surface area contributed by atoms with Gasteiger partial charge >= 0.3 is 0 Å². The molecule has 222 valence electrons. The maximum Gasteiger partial charge on any atom is 0.248 e. The van der Waals surface area contributed by atoms with Crippen LogP contribution >= 0.6 is 0 Å². The zero-order valence-electron chi connectivity index (χ0n) is 24.6.